The van der Waals surface area contributed by atoms with Crippen molar-refractivity contribution in [2.24, 2.45) is 5.41 Å². The Morgan fingerprint density at radius 2 is 2.07 bits per heavy atom. The van der Waals surface area contributed by atoms with E-state index in [1.165, 1.54) is 25.7 Å². The number of hydrogen-bond acceptors (Lipinski definition) is 5. The van der Waals surface area contributed by atoms with Crippen LogP contribution in [-0.4, -0.2) is 47.8 Å². The van der Waals surface area contributed by atoms with Gasteiger partial charge < -0.3 is 15.5 Å². The molecule has 3 fully saturated rings. The fourth-order valence-corrected chi connectivity index (χ4v) is 5.45. The average Bonchev–Trinajstić information content (AvgIpc) is 3.02. The van der Waals surface area contributed by atoms with Crippen molar-refractivity contribution in [2.45, 2.75) is 63.7 Å². The molecule has 3 N–H and O–H groups in total. The molecule has 5 rings (SSSR count). The van der Waals surface area contributed by atoms with Crippen molar-refractivity contribution in [1.29, 1.82) is 0 Å². The second-order valence-electron chi connectivity index (χ2n) is 9.11. The van der Waals surface area contributed by atoms with Crippen LogP contribution in [0.4, 0.5) is 0 Å². The SMILES string of the molecule is O=C1CCC(N2Cc3c(CNC4CNCC5(CCC5)C4)cccc3C2=O)C(=O)N1. The van der Waals surface area contributed by atoms with Gasteiger partial charge in [-0.3, -0.25) is 19.7 Å². The Morgan fingerprint density at radius 3 is 2.83 bits per heavy atom. The highest BCUT2D eigenvalue weighted by Gasteiger charge is 2.42. The maximum absolute atomic E-state index is 12.9. The number of nitrogens with one attached hydrogen (secondary N) is 3. The van der Waals surface area contributed by atoms with Gasteiger partial charge in [-0.15, -0.1) is 0 Å². The van der Waals surface area contributed by atoms with Crippen LogP contribution in [0.15, 0.2) is 18.2 Å². The lowest BCUT2D eigenvalue weighted by atomic mass is 9.64. The zero-order valence-corrected chi connectivity index (χ0v) is 16.6. The van der Waals surface area contributed by atoms with Crippen LogP contribution >= 0.6 is 0 Å². The summed E-state index contributed by atoms with van der Waals surface area (Å²) >= 11 is 0. The summed E-state index contributed by atoms with van der Waals surface area (Å²) in [6.07, 6.45) is 5.90. The monoisotopic (exact) mass is 396 g/mol. The first-order valence-corrected chi connectivity index (χ1v) is 10.7. The van der Waals surface area contributed by atoms with E-state index in [9.17, 15) is 14.4 Å². The molecule has 0 bridgehead atoms. The Bertz CT molecular complexity index is 864. The molecule has 3 aliphatic heterocycles. The molecule has 1 aliphatic carbocycles. The summed E-state index contributed by atoms with van der Waals surface area (Å²) in [6.45, 7) is 3.28. The summed E-state index contributed by atoms with van der Waals surface area (Å²) in [5.41, 5.74) is 3.31. The van der Waals surface area contributed by atoms with Crippen LogP contribution in [0.3, 0.4) is 0 Å². The number of carbonyl (C=O) groups is 3. The van der Waals surface area contributed by atoms with Crippen molar-refractivity contribution >= 4 is 17.7 Å². The molecule has 2 unspecified atom stereocenters. The van der Waals surface area contributed by atoms with E-state index in [2.05, 4.69) is 22.0 Å². The van der Waals surface area contributed by atoms with Crippen LogP contribution in [0.25, 0.3) is 0 Å². The molecule has 1 saturated carbocycles. The van der Waals surface area contributed by atoms with Crippen molar-refractivity contribution in [3.05, 3.63) is 34.9 Å². The highest BCUT2D eigenvalue weighted by atomic mass is 16.2. The number of amides is 3. The van der Waals surface area contributed by atoms with E-state index in [4.69, 9.17) is 0 Å². The minimum atomic E-state index is -0.561. The van der Waals surface area contributed by atoms with Crippen molar-refractivity contribution in [3.8, 4) is 0 Å². The quantitative estimate of drug-likeness (QED) is 0.663. The molecule has 2 saturated heterocycles. The van der Waals surface area contributed by atoms with E-state index >= 15 is 0 Å². The molecule has 7 heteroatoms. The zero-order chi connectivity index (χ0) is 20.0. The molecular weight excluding hydrogens is 368 g/mol. The Kier molecular flexibility index (Phi) is 4.67. The highest BCUT2D eigenvalue weighted by molar-refractivity contribution is 6.05. The summed E-state index contributed by atoms with van der Waals surface area (Å²) in [5.74, 6) is -0.726. The van der Waals surface area contributed by atoms with Crippen LogP contribution < -0.4 is 16.0 Å². The first kappa shape index (κ1) is 18.8. The van der Waals surface area contributed by atoms with Crippen molar-refractivity contribution < 1.29 is 14.4 Å². The fraction of sp³-hybridized carbons (Fsp3) is 0.591. The van der Waals surface area contributed by atoms with Gasteiger partial charge in [-0.2, -0.15) is 0 Å². The van der Waals surface area contributed by atoms with Crippen LogP contribution in [-0.2, 0) is 22.7 Å². The van der Waals surface area contributed by atoms with Crippen molar-refractivity contribution in [1.82, 2.24) is 20.9 Å². The molecule has 3 amide bonds. The Labute approximate surface area is 170 Å². The molecule has 1 aromatic rings. The van der Waals surface area contributed by atoms with Crippen molar-refractivity contribution in [2.75, 3.05) is 13.1 Å². The van der Waals surface area contributed by atoms with E-state index < -0.39 is 6.04 Å². The van der Waals surface area contributed by atoms with Gasteiger partial charge in [0.25, 0.3) is 5.91 Å². The summed E-state index contributed by atoms with van der Waals surface area (Å²) in [4.78, 5) is 38.3. The summed E-state index contributed by atoms with van der Waals surface area (Å²) in [5, 5.41) is 9.65. The number of carbonyl (C=O) groups excluding carboxylic acids is 3. The molecule has 29 heavy (non-hydrogen) atoms. The standard InChI is InChI=1S/C22H28N4O3/c27-19-6-5-18(20(28)25-19)26-12-17-14(3-1-4-16(17)21(26)29)10-24-15-9-22(7-2-8-22)13-23-11-15/h1,3-4,15,18,23-24H,2,5-13H2,(H,25,27,28). The normalized spacial score (nSPS) is 28.3. The van der Waals surface area contributed by atoms with Gasteiger partial charge in [0.05, 0.1) is 0 Å². The predicted octanol–water partition coefficient (Wildman–Crippen LogP) is 1.07. The first-order valence-electron chi connectivity index (χ1n) is 10.7. The highest BCUT2D eigenvalue weighted by Crippen LogP contribution is 2.45. The van der Waals surface area contributed by atoms with Crippen LogP contribution in [0, 0.1) is 5.41 Å². The maximum Gasteiger partial charge on any atom is 0.255 e. The molecule has 1 spiro atoms. The van der Waals surface area contributed by atoms with Gasteiger partial charge in [-0.05, 0) is 48.3 Å². The van der Waals surface area contributed by atoms with Crippen molar-refractivity contribution in [3.63, 3.8) is 0 Å². The van der Waals surface area contributed by atoms with Crippen LogP contribution in [0.1, 0.15) is 60.0 Å². The van der Waals surface area contributed by atoms with Gasteiger partial charge in [0.15, 0.2) is 0 Å². The minimum Gasteiger partial charge on any atom is -0.322 e. The third-order valence-electron chi connectivity index (χ3n) is 7.24. The van der Waals surface area contributed by atoms with Gasteiger partial charge in [-0.25, -0.2) is 0 Å². The van der Waals surface area contributed by atoms with E-state index in [0.29, 0.717) is 30.0 Å². The fourth-order valence-electron chi connectivity index (χ4n) is 5.45. The van der Waals surface area contributed by atoms with Gasteiger partial charge in [0, 0.05) is 44.2 Å². The lowest BCUT2D eigenvalue weighted by molar-refractivity contribution is -0.136. The molecule has 4 aliphatic rings. The van der Waals surface area contributed by atoms with E-state index in [1.807, 2.05) is 12.1 Å². The number of piperidine rings is 2. The van der Waals surface area contributed by atoms with Gasteiger partial charge >= 0.3 is 0 Å². The Morgan fingerprint density at radius 1 is 1.21 bits per heavy atom. The van der Waals surface area contributed by atoms with Crippen LogP contribution in [0.5, 0.6) is 0 Å². The number of rotatable bonds is 4. The molecule has 1 aromatic carbocycles. The van der Waals surface area contributed by atoms with E-state index in [-0.39, 0.29) is 24.1 Å². The summed E-state index contributed by atoms with van der Waals surface area (Å²) in [7, 11) is 0. The number of imide groups is 1. The lowest BCUT2D eigenvalue weighted by Gasteiger charge is -2.48. The molecular formula is C22H28N4O3. The molecule has 0 aromatic heterocycles. The van der Waals surface area contributed by atoms with E-state index in [0.717, 1.165) is 30.8 Å². The number of hydrogen-bond donors (Lipinski definition) is 3. The Hall–Kier alpha value is -2.25. The lowest BCUT2D eigenvalue weighted by Crippen LogP contribution is -2.54. The maximum atomic E-state index is 12.9. The molecule has 7 nitrogen and oxygen atoms in total. The van der Waals surface area contributed by atoms with Gasteiger partial charge in [-0.1, -0.05) is 18.6 Å². The largest absolute Gasteiger partial charge is 0.322 e. The molecule has 2 atom stereocenters. The molecule has 3 heterocycles. The van der Waals surface area contributed by atoms with E-state index in [1.54, 1.807) is 4.90 Å². The second kappa shape index (κ2) is 7.22. The van der Waals surface area contributed by atoms with Gasteiger partial charge in [0.2, 0.25) is 11.8 Å². The molecule has 154 valence electrons. The second-order valence-corrected chi connectivity index (χ2v) is 9.11. The minimum absolute atomic E-state index is 0.107. The summed E-state index contributed by atoms with van der Waals surface area (Å²) < 4.78 is 0. The van der Waals surface area contributed by atoms with Crippen LogP contribution in [0.2, 0.25) is 0 Å². The molecule has 0 radical (unpaired) electrons. The number of fused-ring (bicyclic) bond motifs is 1. The topological polar surface area (TPSA) is 90.5 Å². The smallest absolute Gasteiger partial charge is 0.255 e. The average molecular weight is 396 g/mol. The number of benzene rings is 1. The third-order valence-corrected chi connectivity index (χ3v) is 7.24. The predicted molar refractivity (Wildman–Crippen MR) is 107 cm³/mol. The Balaban J connectivity index is 1.28. The summed E-state index contributed by atoms with van der Waals surface area (Å²) in [6, 6.07) is 5.73. The first-order chi connectivity index (χ1) is 14.0. The van der Waals surface area contributed by atoms with Gasteiger partial charge in [0.1, 0.15) is 6.04 Å². The third kappa shape index (κ3) is 3.36. The zero-order valence-electron chi connectivity index (χ0n) is 16.6. The number of nitrogens with zero attached hydrogens (tertiary/aromatic N) is 1.